The molecule has 0 radical (unpaired) electrons. The normalized spacial score (nSPS) is 11.7. The Labute approximate surface area is 246 Å². The summed E-state index contributed by atoms with van der Waals surface area (Å²) in [6.45, 7) is 0. The first-order valence-electron chi connectivity index (χ1n) is 14.2. The molecule has 0 atom stereocenters. The van der Waals surface area contributed by atoms with E-state index in [2.05, 4.69) is 80.8 Å². The molecular weight excluding hydrogens is 530 g/mol. The molecule has 4 aromatic carbocycles. The van der Waals surface area contributed by atoms with Gasteiger partial charge in [0.1, 0.15) is 23.0 Å². The molecule has 0 bridgehead atoms. The number of aromatic nitrogens is 5. The van der Waals surface area contributed by atoms with Crippen molar-refractivity contribution in [3.63, 3.8) is 0 Å². The molecule has 43 heavy (non-hydrogen) atoms. The van der Waals surface area contributed by atoms with E-state index >= 15 is 0 Å². The summed E-state index contributed by atoms with van der Waals surface area (Å²) in [5, 5.41) is 4.39. The molecule has 0 aliphatic heterocycles. The van der Waals surface area contributed by atoms with E-state index in [0.29, 0.717) is 0 Å². The van der Waals surface area contributed by atoms with Crippen LogP contribution in [0.25, 0.3) is 66.3 Å². The molecule has 9 rings (SSSR count). The van der Waals surface area contributed by atoms with Crippen molar-refractivity contribution < 1.29 is 4.74 Å². The zero-order chi connectivity index (χ0) is 28.3. The van der Waals surface area contributed by atoms with Crippen LogP contribution in [0, 0.1) is 0 Å². The molecular formula is C37H23N5O. The molecule has 0 saturated carbocycles. The lowest BCUT2D eigenvalue weighted by Gasteiger charge is -2.13. The van der Waals surface area contributed by atoms with Crippen molar-refractivity contribution in [1.82, 2.24) is 23.9 Å². The van der Waals surface area contributed by atoms with Gasteiger partial charge in [-0.1, -0.05) is 42.5 Å². The highest BCUT2D eigenvalue weighted by Crippen LogP contribution is 2.39. The van der Waals surface area contributed by atoms with Crippen LogP contribution in [0.15, 0.2) is 140 Å². The number of rotatable bonds is 4. The molecule has 0 fully saturated rings. The van der Waals surface area contributed by atoms with Gasteiger partial charge in [0, 0.05) is 46.4 Å². The minimum atomic E-state index is 0.730. The molecule has 0 spiro atoms. The summed E-state index contributed by atoms with van der Waals surface area (Å²) in [7, 11) is 0. The van der Waals surface area contributed by atoms with Crippen LogP contribution in [-0.2, 0) is 0 Å². The number of fused-ring (bicyclic) bond motifs is 8. The highest BCUT2D eigenvalue weighted by molar-refractivity contribution is 6.10. The van der Waals surface area contributed by atoms with Crippen molar-refractivity contribution >= 4 is 49.3 Å². The molecule has 5 heterocycles. The number of nitrogens with zero attached hydrogens (tertiary/aromatic N) is 5. The Morgan fingerprint density at radius 1 is 0.581 bits per heavy atom. The number of hydrogen-bond acceptors (Lipinski definition) is 4. The van der Waals surface area contributed by atoms with Gasteiger partial charge in [-0.2, -0.15) is 0 Å². The number of imidazole rings is 1. The number of ether oxygens (including phenoxy) is 1. The fourth-order valence-electron chi connectivity index (χ4n) is 6.21. The standard InChI is InChI=1S/C37H23N5O/c1-3-12-32-27(9-1)28-16-15-25(23-34(28)42(32)35-14-6-8-19-39-35)43-26-21-24-17-20-41-33-13-4-2-11-31(33)40-37(41)36(24)29(22-26)30-10-5-7-18-38-30/h1-23H. The molecule has 0 aliphatic rings. The maximum atomic E-state index is 6.63. The first-order chi connectivity index (χ1) is 21.3. The Morgan fingerprint density at radius 2 is 1.37 bits per heavy atom. The van der Waals surface area contributed by atoms with E-state index in [1.807, 2.05) is 73.1 Å². The van der Waals surface area contributed by atoms with Crippen molar-refractivity contribution in [2.45, 2.75) is 0 Å². The Morgan fingerprint density at radius 3 is 2.23 bits per heavy atom. The minimum absolute atomic E-state index is 0.730. The van der Waals surface area contributed by atoms with Crippen LogP contribution in [0.4, 0.5) is 0 Å². The molecule has 0 N–H and O–H groups in total. The SMILES string of the molecule is c1ccc(-c2cc(Oc3ccc4c5ccccc5n(-c5ccccn5)c4c3)cc3ccn4c5ccccc5nc4c23)nc1. The largest absolute Gasteiger partial charge is 0.457 e. The molecule has 5 aromatic heterocycles. The van der Waals surface area contributed by atoms with Crippen LogP contribution in [-0.4, -0.2) is 23.9 Å². The van der Waals surface area contributed by atoms with Crippen LogP contribution in [0.3, 0.4) is 0 Å². The van der Waals surface area contributed by atoms with Crippen molar-refractivity contribution in [1.29, 1.82) is 0 Å². The number of hydrogen-bond donors (Lipinski definition) is 0. The first-order valence-corrected chi connectivity index (χ1v) is 14.2. The second kappa shape index (κ2) is 9.26. The zero-order valence-electron chi connectivity index (χ0n) is 22.9. The number of para-hydroxylation sites is 3. The topological polar surface area (TPSA) is 57.2 Å². The highest BCUT2D eigenvalue weighted by atomic mass is 16.5. The van der Waals surface area contributed by atoms with E-state index in [1.54, 1.807) is 0 Å². The van der Waals surface area contributed by atoms with Gasteiger partial charge < -0.3 is 4.74 Å². The van der Waals surface area contributed by atoms with E-state index in [9.17, 15) is 0 Å². The molecule has 0 saturated heterocycles. The summed E-state index contributed by atoms with van der Waals surface area (Å²) >= 11 is 0. The van der Waals surface area contributed by atoms with E-state index < -0.39 is 0 Å². The molecule has 6 nitrogen and oxygen atoms in total. The summed E-state index contributed by atoms with van der Waals surface area (Å²) in [5.74, 6) is 2.34. The molecule has 0 aliphatic carbocycles. The molecule has 0 amide bonds. The fraction of sp³-hybridized carbons (Fsp3) is 0. The maximum absolute atomic E-state index is 6.63. The first kappa shape index (κ1) is 23.7. The average molecular weight is 554 g/mol. The lowest BCUT2D eigenvalue weighted by Crippen LogP contribution is -1.96. The van der Waals surface area contributed by atoms with Gasteiger partial charge in [-0.05, 0) is 78.2 Å². The highest BCUT2D eigenvalue weighted by Gasteiger charge is 2.17. The van der Waals surface area contributed by atoms with Crippen molar-refractivity contribution in [2.24, 2.45) is 0 Å². The van der Waals surface area contributed by atoms with Gasteiger partial charge in [-0.3, -0.25) is 14.0 Å². The zero-order valence-corrected chi connectivity index (χ0v) is 22.9. The van der Waals surface area contributed by atoms with Gasteiger partial charge in [-0.15, -0.1) is 0 Å². The predicted octanol–water partition coefficient (Wildman–Crippen LogP) is 8.99. The Balaban J connectivity index is 1.24. The summed E-state index contributed by atoms with van der Waals surface area (Å²) in [6, 6.07) is 41.1. The van der Waals surface area contributed by atoms with E-state index in [1.165, 1.54) is 5.39 Å². The van der Waals surface area contributed by atoms with Gasteiger partial charge in [0.25, 0.3) is 0 Å². The summed E-state index contributed by atoms with van der Waals surface area (Å²) in [5.41, 5.74) is 6.90. The van der Waals surface area contributed by atoms with Gasteiger partial charge in [0.05, 0.1) is 27.8 Å². The average Bonchev–Trinajstić information content (AvgIpc) is 3.61. The van der Waals surface area contributed by atoms with Crippen LogP contribution >= 0.6 is 0 Å². The third-order valence-electron chi connectivity index (χ3n) is 8.07. The maximum Gasteiger partial charge on any atom is 0.146 e. The van der Waals surface area contributed by atoms with E-state index in [4.69, 9.17) is 14.7 Å². The third-order valence-corrected chi connectivity index (χ3v) is 8.07. The lowest BCUT2D eigenvalue weighted by molar-refractivity contribution is 0.484. The Bertz CT molecular complexity index is 2480. The quantitative estimate of drug-likeness (QED) is 0.218. The third kappa shape index (κ3) is 3.70. The Hall–Kier alpha value is -6.01. The summed E-state index contributed by atoms with van der Waals surface area (Å²) < 4.78 is 11.0. The van der Waals surface area contributed by atoms with Crippen molar-refractivity contribution in [3.05, 3.63) is 140 Å². The lowest BCUT2D eigenvalue weighted by atomic mass is 10.0. The monoisotopic (exact) mass is 553 g/mol. The molecule has 6 heteroatoms. The van der Waals surface area contributed by atoms with Crippen molar-refractivity contribution in [3.8, 4) is 28.6 Å². The van der Waals surface area contributed by atoms with Gasteiger partial charge in [0.2, 0.25) is 0 Å². The van der Waals surface area contributed by atoms with Gasteiger partial charge >= 0.3 is 0 Å². The van der Waals surface area contributed by atoms with Crippen LogP contribution in [0.5, 0.6) is 11.5 Å². The van der Waals surface area contributed by atoms with Crippen molar-refractivity contribution in [2.75, 3.05) is 0 Å². The Kier molecular flexibility index (Phi) is 5.10. The summed E-state index contributed by atoms with van der Waals surface area (Å²) in [6.07, 6.45) is 5.72. The van der Waals surface area contributed by atoms with E-state index in [-0.39, 0.29) is 0 Å². The van der Waals surface area contributed by atoms with Crippen LogP contribution in [0.2, 0.25) is 0 Å². The molecule has 0 unspecified atom stereocenters. The van der Waals surface area contributed by atoms with Gasteiger partial charge in [0.15, 0.2) is 0 Å². The van der Waals surface area contributed by atoms with Gasteiger partial charge in [-0.25, -0.2) is 9.97 Å². The minimum Gasteiger partial charge on any atom is -0.457 e. The number of pyridine rings is 3. The second-order valence-corrected chi connectivity index (χ2v) is 10.6. The smallest absolute Gasteiger partial charge is 0.146 e. The van der Waals surface area contributed by atoms with Crippen LogP contribution < -0.4 is 4.74 Å². The molecule has 202 valence electrons. The predicted molar refractivity (Wildman–Crippen MR) is 172 cm³/mol. The van der Waals surface area contributed by atoms with E-state index in [0.717, 1.165) is 72.4 Å². The summed E-state index contributed by atoms with van der Waals surface area (Å²) in [4.78, 5) is 14.4. The second-order valence-electron chi connectivity index (χ2n) is 10.6. The van der Waals surface area contributed by atoms with Crippen LogP contribution in [0.1, 0.15) is 0 Å². The molecule has 9 aromatic rings. The number of benzene rings is 4. The fourth-order valence-corrected chi connectivity index (χ4v) is 6.21.